The number of nitrogens with zero attached hydrogens (tertiary/aromatic N) is 1. The predicted molar refractivity (Wildman–Crippen MR) is 105 cm³/mol. The van der Waals surface area contributed by atoms with Crippen LogP contribution in [0, 0.1) is 6.92 Å². The van der Waals surface area contributed by atoms with Gasteiger partial charge in [0.15, 0.2) is 0 Å². The molecule has 0 atom stereocenters. The highest BCUT2D eigenvalue weighted by molar-refractivity contribution is 6.11. The summed E-state index contributed by atoms with van der Waals surface area (Å²) in [7, 11) is 0. The summed E-state index contributed by atoms with van der Waals surface area (Å²) in [5.74, 6) is -0.952. The SMILES string of the molecule is Cc1ccc(C(=O)N(CCCC(=O)O)c2ccc(O)c3ccccc23)cc1. The Morgan fingerprint density at radius 3 is 2.26 bits per heavy atom. The molecule has 0 unspecified atom stereocenters. The number of carboxylic acids is 1. The van der Waals surface area contributed by atoms with Gasteiger partial charge in [0, 0.05) is 29.3 Å². The van der Waals surface area contributed by atoms with E-state index in [9.17, 15) is 14.7 Å². The molecule has 138 valence electrons. The first-order valence-corrected chi connectivity index (χ1v) is 8.78. The molecule has 0 fully saturated rings. The molecule has 5 heteroatoms. The molecule has 0 aliphatic rings. The number of rotatable bonds is 6. The number of phenols is 1. The van der Waals surface area contributed by atoms with Crippen molar-refractivity contribution in [3.8, 4) is 5.75 Å². The fourth-order valence-electron chi connectivity index (χ4n) is 3.07. The van der Waals surface area contributed by atoms with Crippen LogP contribution in [0.3, 0.4) is 0 Å². The predicted octanol–water partition coefficient (Wildman–Crippen LogP) is 4.37. The first-order chi connectivity index (χ1) is 13.0. The van der Waals surface area contributed by atoms with E-state index in [1.54, 1.807) is 35.2 Å². The molecule has 0 spiro atoms. The number of phenolic OH excluding ortho intramolecular Hbond substituents is 1. The lowest BCUT2D eigenvalue weighted by Crippen LogP contribution is -2.32. The zero-order valence-electron chi connectivity index (χ0n) is 15.1. The van der Waals surface area contributed by atoms with E-state index in [1.807, 2.05) is 37.3 Å². The number of fused-ring (bicyclic) bond motifs is 1. The van der Waals surface area contributed by atoms with Crippen molar-refractivity contribution in [2.75, 3.05) is 11.4 Å². The molecule has 0 saturated carbocycles. The van der Waals surface area contributed by atoms with Crippen LogP contribution in [0.5, 0.6) is 5.75 Å². The van der Waals surface area contributed by atoms with Crippen LogP contribution in [-0.4, -0.2) is 28.6 Å². The monoisotopic (exact) mass is 363 g/mol. The number of benzene rings is 3. The average molecular weight is 363 g/mol. The largest absolute Gasteiger partial charge is 0.507 e. The standard InChI is InChI=1S/C22H21NO4/c1-15-8-10-16(11-9-15)22(27)23(14-4-7-21(25)26)19-12-13-20(24)18-6-3-2-5-17(18)19/h2-3,5-6,8-13,24H,4,7,14H2,1H3,(H,25,26). The van der Waals surface area contributed by atoms with Gasteiger partial charge in [-0.2, -0.15) is 0 Å². The molecule has 0 aliphatic carbocycles. The molecule has 27 heavy (non-hydrogen) atoms. The maximum absolute atomic E-state index is 13.2. The number of amides is 1. The molecular formula is C22H21NO4. The van der Waals surface area contributed by atoms with Crippen LogP contribution in [0.1, 0.15) is 28.8 Å². The van der Waals surface area contributed by atoms with E-state index in [-0.39, 0.29) is 24.6 Å². The second-order valence-corrected chi connectivity index (χ2v) is 6.47. The molecule has 0 heterocycles. The molecule has 2 N–H and O–H groups in total. The minimum Gasteiger partial charge on any atom is -0.507 e. The van der Waals surface area contributed by atoms with Gasteiger partial charge in [0.2, 0.25) is 0 Å². The molecule has 3 rings (SSSR count). The van der Waals surface area contributed by atoms with Crippen molar-refractivity contribution >= 4 is 28.3 Å². The Morgan fingerprint density at radius 1 is 0.926 bits per heavy atom. The Kier molecular flexibility index (Phi) is 5.41. The maximum Gasteiger partial charge on any atom is 0.303 e. The van der Waals surface area contributed by atoms with Crippen LogP contribution in [0.4, 0.5) is 5.69 Å². The van der Waals surface area contributed by atoms with Crippen LogP contribution in [-0.2, 0) is 4.79 Å². The zero-order chi connectivity index (χ0) is 19.4. The Morgan fingerprint density at radius 2 is 1.59 bits per heavy atom. The van der Waals surface area contributed by atoms with Gasteiger partial charge >= 0.3 is 5.97 Å². The molecule has 0 radical (unpaired) electrons. The van der Waals surface area contributed by atoms with E-state index < -0.39 is 5.97 Å². The number of hydrogen-bond donors (Lipinski definition) is 2. The molecule has 5 nitrogen and oxygen atoms in total. The topological polar surface area (TPSA) is 77.8 Å². The van der Waals surface area contributed by atoms with Crippen molar-refractivity contribution in [1.82, 2.24) is 0 Å². The molecule has 1 amide bonds. The average Bonchev–Trinajstić information content (AvgIpc) is 2.66. The van der Waals surface area contributed by atoms with Gasteiger partial charge in [-0.3, -0.25) is 9.59 Å². The number of carboxylic acid groups (broad SMARTS) is 1. The smallest absolute Gasteiger partial charge is 0.303 e. The van der Waals surface area contributed by atoms with Crippen LogP contribution in [0.25, 0.3) is 10.8 Å². The Bertz CT molecular complexity index is 979. The zero-order valence-corrected chi connectivity index (χ0v) is 15.1. The molecule has 0 aromatic heterocycles. The fraction of sp³-hybridized carbons (Fsp3) is 0.182. The van der Waals surface area contributed by atoms with Gasteiger partial charge in [0.25, 0.3) is 5.91 Å². The summed E-state index contributed by atoms with van der Waals surface area (Å²) in [6.07, 6.45) is 0.315. The number of aromatic hydroxyl groups is 1. The highest BCUT2D eigenvalue weighted by Gasteiger charge is 2.20. The Labute approximate surface area is 157 Å². The maximum atomic E-state index is 13.2. The highest BCUT2D eigenvalue weighted by Crippen LogP contribution is 2.33. The van der Waals surface area contributed by atoms with E-state index in [0.717, 1.165) is 10.9 Å². The molecule has 0 saturated heterocycles. The number of carbonyl (C=O) groups is 2. The fourth-order valence-corrected chi connectivity index (χ4v) is 3.07. The summed E-state index contributed by atoms with van der Waals surface area (Å²) in [4.78, 5) is 25.7. The number of carbonyl (C=O) groups excluding carboxylic acids is 1. The second kappa shape index (κ2) is 7.91. The van der Waals surface area contributed by atoms with Gasteiger partial charge in [-0.1, -0.05) is 42.0 Å². The van der Waals surface area contributed by atoms with Crippen molar-refractivity contribution < 1.29 is 19.8 Å². The minimum atomic E-state index is -0.895. The van der Waals surface area contributed by atoms with Crippen LogP contribution < -0.4 is 4.90 Å². The van der Waals surface area contributed by atoms with Gasteiger partial charge in [-0.05, 0) is 37.6 Å². The number of aryl methyl sites for hydroxylation is 1. The summed E-state index contributed by atoms with van der Waals surface area (Å²) in [6.45, 7) is 2.22. The van der Waals surface area contributed by atoms with E-state index in [1.165, 1.54) is 0 Å². The van der Waals surface area contributed by atoms with Crippen molar-refractivity contribution in [3.05, 3.63) is 71.8 Å². The molecule has 3 aromatic rings. The molecule has 0 aliphatic heterocycles. The summed E-state index contributed by atoms with van der Waals surface area (Å²) < 4.78 is 0. The first kappa shape index (κ1) is 18.5. The number of anilines is 1. The van der Waals surface area contributed by atoms with E-state index in [0.29, 0.717) is 23.1 Å². The lowest BCUT2D eigenvalue weighted by molar-refractivity contribution is -0.137. The Hall–Kier alpha value is -3.34. The molecule has 0 bridgehead atoms. The summed E-state index contributed by atoms with van der Waals surface area (Å²) in [5, 5.41) is 20.5. The normalized spacial score (nSPS) is 10.7. The van der Waals surface area contributed by atoms with Gasteiger partial charge < -0.3 is 15.1 Å². The van der Waals surface area contributed by atoms with Gasteiger partial charge in [-0.25, -0.2) is 0 Å². The van der Waals surface area contributed by atoms with E-state index in [4.69, 9.17) is 5.11 Å². The molecule has 3 aromatic carbocycles. The lowest BCUT2D eigenvalue weighted by Gasteiger charge is -2.25. The van der Waals surface area contributed by atoms with Crippen molar-refractivity contribution in [2.45, 2.75) is 19.8 Å². The summed E-state index contributed by atoms with van der Waals surface area (Å²) in [6, 6.07) is 17.8. The quantitative estimate of drug-likeness (QED) is 0.682. The van der Waals surface area contributed by atoms with Gasteiger partial charge in [0.05, 0.1) is 5.69 Å². The van der Waals surface area contributed by atoms with Gasteiger partial charge in [-0.15, -0.1) is 0 Å². The third-order valence-electron chi connectivity index (χ3n) is 4.48. The van der Waals surface area contributed by atoms with Gasteiger partial charge in [0.1, 0.15) is 5.75 Å². The number of hydrogen-bond acceptors (Lipinski definition) is 3. The van der Waals surface area contributed by atoms with Crippen molar-refractivity contribution in [1.29, 1.82) is 0 Å². The van der Waals surface area contributed by atoms with Crippen LogP contribution in [0.15, 0.2) is 60.7 Å². The third-order valence-corrected chi connectivity index (χ3v) is 4.48. The van der Waals surface area contributed by atoms with E-state index in [2.05, 4.69) is 0 Å². The summed E-state index contributed by atoms with van der Waals surface area (Å²) >= 11 is 0. The van der Waals surface area contributed by atoms with Crippen molar-refractivity contribution in [2.24, 2.45) is 0 Å². The minimum absolute atomic E-state index is 0.0201. The number of aliphatic carboxylic acids is 1. The lowest BCUT2D eigenvalue weighted by atomic mass is 10.0. The van der Waals surface area contributed by atoms with E-state index >= 15 is 0 Å². The third kappa shape index (κ3) is 4.08. The summed E-state index contributed by atoms with van der Waals surface area (Å²) in [5.41, 5.74) is 2.24. The highest BCUT2D eigenvalue weighted by atomic mass is 16.4. The first-order valence-electron chi connectivity index (χ1n) is 8.78. The Balaban J connectivity index is 2.04. The van der Waals surface area contributed by atoms with Crippen LogP contribution >= 0.6 is 0 Å². The van der Waals surface area contributed by atoms with Crippen molar-refractivity contribution in [3.63, 3.8) is 0 Å². The van der Waals surface area contributed by atoms with Crippen LogP contribution in [0.2, 0.25) is 0 Å². The second-order valence-electron chi connectivity index (χ2n) is 6.47. The molecular weight excluding hydrogens is 342 g/mol.